The van der Waals surface area contributed by atoms with E-state index >= 15 is 0 Å². The molecular formula is C17H14N4. The van der Waals surface area contributed by atoms with Gasteiger partial charge in [-0.25, -0.2) is 0 Å². The van der Waals surface area contributed by atoms with Gasteiger partial charge in [-0.2, -0.15) is 5.26 Å². The van der Waals surface area contributed by atoms with Crippen molar-refractivity contribution >= 4 is 10.9 Å². The van der Waals surface area contributed by atoms with Crippen molar-refractivity contribution in [3.05, 3.63) is 59.9 Å². The lowest BCUT2D eigenvalue weighted by Gasteiger charge is -2.13. The highest BCUT2D eigenvalue weighted by molar-refractivity contribution is 5.89. The van der Waals surface area contributed by atoms with Gasteiger partial charge in [0.25, 0.3) is 0 Å². The molecule has 2 heterocycles. The van der Waals surface area contributed by atoms with Gasteiger partial charge in [-0.3, -0.25) is 9.97 Å². The molecule has 0 fully saturated rings. The van der Waals surface area contributed by atoms with Crippen LogP contribution in [0.1, 0.15) is 24.2 Å². The topological polar surface area (TPSA) is 75.6 Å². The Morgan fingerprint density at radius 3 is 2.71 bits per heavy atom. The van der Waals surface area contributed by atoms with Crippen molar-refractivity contribution < 1.29 is 0 Å². The SMILES string of the molecule is CC(N)c1nc2cccc(C#N)c2cc1-c1ccccn1. The number of hydrogen-bond donors (Lipinski definition) is 1. The third kappa shape index (κ3) is 2.35. The number of pyridine rings is 2. The third-order valence-electron chi connectivity index (χ3n) is 3.38. The smallest absolute Gasteiger partial charge is 0.0998 e. The van der Waals surface area contributed by atoms with E-state index in [1.54, 1.807) is 12.3 Å². The number of nitrogens with zero attached hydrogens (tertiary/aromatic N) is 3. The Hall–Kier alpha value is -2.77. The molecule has 0 saturated heterocycles. The van der Waals surface area contributed by atoms with Crippen LogP contribution in [0.3, 0.4) is 0 Å². The molecule has 0 aliphatic carbocycles. The van der Waals surface area contributed by atoms with E-state index in [4.69, 9.17) is 5.73 Å². The van der Waals surface area contributed by atoms with Crippen molar-refractivity contribution in [3.63, 3.8) is 0 Å². The predicted molar refractivity (Wildman–Crippen MR) is 82.3 cm³/mol. The van der Waals surface area contributed by atoms with Crippen LogP contribution >= 0.6 is 0 Å². The van der Waals surface area contributed by atoms with Crippen LogP contribution in [0.2, 0.25) is 0 Å². The molecule has 0 bridgehead atoms. The Morgan fingerprint density at radius 2 is 2.05 bits per heavy atom. The van der Waals surface area contributed by atoms with Crippen LogP contribution in [-0.4, -0.2) is 9.97 Å². The Labute approximate surface area is 122 Å². The molecule has 21 heavy (non-hydrogen) atoms. The van der Waals surface area contributed by atoms with Gasteiger partial charge in [-0.05, 0) is 37.3 Å². The molecule has 4 nitrogen and oxygen atoms in total. The highest BCUT2D eigenvalue weighted by Crippen LogP contribution is 2.29. The van der Waals surface area contributed by atoms with Crippen molar-refractivity contribution in [2.45, 2.75) is 13.0 Å². The molecule has 102 valence electrons. The quantitative estimate of drug-likeness (QED) is 0.778. The van der Waals surface area contributed by atoms with E-state index in [0.717, 1.165) is 27.9 Å². The van der Waals surface area contributed by atoms with Gasteiger partial charge < -0.3 is 5.73 Å². The number of rotatable bonds is 2. The summed E-state index contributed by atoms with van der Waals surface area (Å²) in [5.74, 6) is 0. The van der Waals surface area contributed by atoms with Crippen LogP contribution in [0.4, 0.5) is 0 Å². The van der Waals surface area contributed by atoms with E-state index in [0.29, 0.717) is 5.56 Å². The van der Waals surface area contributed by atoms with Crippen molar-refractivity contribution in [1.29, 1.82) is 5.26 Å². The lowest BCUT2D eigenvalue weighted by molar-refractivity contribution is 0.788. The molecule has 2 N–H and O–H groups in total. The molecule has 2 aromatic heterocycles. The van der Waals surface area contributed by atoms with Crippen molar-refractivity contribution in [1.82, 2.24) is 9.97 Å². The third-order valence-corrected chi connectivity index (χ3v) is 3.38. The fraction of sp³-hybridized carbons (Fsp3) is 0.118. The lowest BCUT2D eigenvalue weighted by atomic mass is 10.00. The van der Waals surface area contributed by atoms with Gasteiger partial charge in [0, 0.05) is 23.2 Å². The van der Waals surface area contributed by atoms with Gasteiger partial charge in [0.15, 0.2) is 0 Å². The Kier molecular flexibility index (Phi) is 3.35. The summed E-state index contributed by atoms with van der Waals surface area (Å²) in [5, 5.41) is 10.1. The zero-order valence-electron chi connectivity index (χ0n) is 11.6. The predicted octanol–water partition coefficient (Wildman–Crippen LogP) is 3.19. The van der Waals surface area contributed by atoms with Crippen molar-refractivity contribution in [3.8, 4) is 17.3 Å². The van der Waals surface area contributed by atoms with Crippen molar-refractivity contribution in [2.75, 3.05) is 0 Å². The van der Waals surface area contributed by atoms with E-state index in [-0.39, 0.29) is 6.04 Å². The van der Waals surface area contributed by atoms with E-state index in [1.165, 1.54) is 0 Å². The summed E-state index contributed by atoms with van der Waals surface area (Å²) in [4.78, 5) is 9.02. The normalized spacial score (nSPS) is 12.0. The number of benzene rings is 1. The molecule has 0 aliphatic heterocycles. The minimum absolute atomic E-state index is 0.211. The summed E-state index contributed by atoms with van der Waals surface area (Å²) < 4.78 is 0. The summed E-state index contributed by atoms with van der Waals surface area (Å²) in [5.41, 5.74) is 9.92. The number of hydrogen-bond acceptors (Lipinski definition) is 4. The number of nitriles is 1. The second kappa shape index (κ2) is 5.31. The molecule has 3 rings (SSSR count). The molecule has 1 aromatic carbocycles. The monoisotopic (exact) mass is 274 g/mol. The molecule has 3 aromatic rings. The first-order valence-electron chi connectivity index (χ1n) is 6.71. The van der Waals surface area contributed by atoms with Gasteiger partial charge in [0.1, 0.15) is 0 Å². The maximum atomic E-state index is 9.26. The highest BCUT2D eigenvalue weighted by atomic mass is 14.8. The molecule has 0 aliphatic rings. The van der Waals surface area contributed by atoms with Crippen LogP contribution < -0.4 is 5.73 Å². The summed E-state index contributed by atoms with van der Waals surface area (Å²) in [6.45, 7) is 1.90. The fourth-order valence-corrected chi connectivity index (χ4v) is 2.38. The Bertz CT molecular complexity index is 833. The molecular weight excluding hydrogens is 260 g/mol. The number of nitrogens with two attached hydrogens (primary N) is 1. The first-order valence-corrected chi connectivity index (χ1v) is 6.71. The maximum Gasteiger partial charge on any atom is 0.0998 e. The van der Waals surface area contributed by atoms with Gasteiger partial charge in [-0.15, -0.1) is 0 Å². The van der Waals surface area contributed by atoms with Gasteiger partial charge >= 0.3 is 0 Å². The van der Waals surface area contributed by atoms with Gasteiger partial charge in [-0.1, -0.05) is 12.1 Å². The molecule has 1 atom stereocenters. The highest BCUT2D eigenvalue weighted by Gasteiger charge is 2.14. The van der Waals surface area contributed by atoms with Crippen LogP contribution in [0.15, 0.2) is 48.7 Å². The van der Waals surface area contributed by atoms with E-state index in [1.807, 2.05) is 43.3 Å². The minimum atomic E-state index is -0.211. The summed E-state index contributed by atoms with van der Waals surface area (Å²) in [6.07, 6.45) is 1.74. The van der Waals surface area contributed by atoms with Crippen LogP contribution in [0.25, 0.3) is 22.2 Å². The zero-order chi connectivity index (χ0) is 14.8. The number of aromatic nitrogens is 2. The molecule has 0 amide bonds. The average Bonchev–Trinajstić information content (AvgIpc) is 2.53. The summed E-state index contributed by atoms with van der Waals surface area (Å²) >= 11 is 0. The van der Waals surface area contributed by atoms with Crippen LogP contribution in [0.5, 0.6) is 0 Å². The molecule has 0 radical (unpaired) electrons. The molecule has 1 unspecified atom stereocenters. The average molecular weight is 274 g/mol. The minimum Gasteiger partial charge on any atom is -0.323 e. The van der Waals surface area contributed by atoms with Crippen molar-refractivity contribution in [2.24, 2.45) is 5.73 Å². The Balaban J connectivity index is 2.36. The van der Waals surface area contributed by atoms with Crippen LogP contribution in [-0.2, 0) is 0 Å². The number of fused-ring (bicyclic) bond motifs is 1. The van der Waals surface area contributed by atoms with Gasteiger partial charge in [0.2, 0.25) is 0 Å². The first kappa shape index (κ1) is 13.2. The lowest BCUT2D eigenvalue weighted by Crippen LogP contribution is -2.10. The van der Waals surface area contributed by atoms with E-state index < -0.39 is 0 Å². The Morgan fingerprint density at radius 1 is 1.19 bits per heavy atom. The van der Waals surface area contributed by atoms with E-state index in [9.17, 15) is 5.26 Å². The molecule has 4 heteroatoms. The largest absolute Gasteiger partial charge is 0.323 e. The first-order chi connectivity index (χ1) is 10.2. The zero-order valence-corrected chi connectivity index (χ0v) is 11.6. The fourth-order valence-electron chi connectivity index (χ4n) is 2.38. The molecule has 0 spiro atoms. The van der Waals surface area contributed by atoms with Crippen LogP contribution in [0, 0.1) is 11.3 Å². The molecule has 0 saturated carbocycles. The second-order valence-electron chi connectivity index (χ2n) is 4.91. The van der Waals surface area contributed by atoms with E-state index in [2.05, 4.69) is 16.0 Å². The summed E-state index contributed by atoms with van der Waals surface area (Å²) in [7, 11) is 0. The summed E-state index contributed by atoms with van der Waals surface area (Å²) in [6, 6.07) is 15.2. The second-order valence-corrected chi connectivity index (χ2v) is 4.91. The maximum absolute atomic E-state index is 9.26. The standard InChI is InChI=1S/C17H14N4/c1-11(19)17-14(15-6-2-3-8-20-15)9-13-12(10-18)5-4-7-16(13)21-17/h2-9,11H,19H2,1H3. The van der Waals surface area contributed by atoms with Gasteiger partial charge in [0.05, 0.1) is 28.5 Å².